The molecular weight excluding hydrogens is 282 g/mol. The molecule has 0 saturated carbocycles. The summed E-state index contributed by atoms with van der Waals surface area (Å²) in [7, 11) is 0. The van der Waals surface area contributed by atoms with Gasteiger partial charge in [-0.2, -0.15) is 0 Å². The molecule has 0 aliphatic carbocycles. The van der Waals surface area contributed by atoms with Crippen molar-refractivity contribution in [3.8, 4) is 0 Å². The standard InChI is InChI=1S/C9H9Cl2F2NO.ClH/c10-6-3-1-2-5(7(6)11)8(14)9(12,13)4-15;/h1-3,8,15H,4,14H2;1H/t8-;/m1./s1. The first-order chi connectivity index (χ1) is 6.90. The highest BCUT2D eigenvalue weighted by Crippen LogP contribution is 2.35. The van der Waals surface area contributed by atoms with E-state index in [-0.39, 0.29) is 28.0 Å². The number of hydrogen-bond acceptors (Lipinski definition) is 2. The molecule has 0 radical (unpaired) electrons. The van der Waals surface area contributed by atoms with Gasteiger partial charge in [-0.05, 0) is 11.6 Å². The lowest BCUT2D eigenvalue weighted by molar-refractivity contribution is -0.0711. The molecule has 0 fully saturated rings. The minimum absolute atomic E-state index is 0. The predicted octanol–water partition coefficient (Wildman–Crippen LogP) is 3.04. The normalized spacial score (nSPS) is 13.1. The zero-order chi connectivity index (χ0) is 11.6. The number of benzene rings is 1. The van der Waals surface area contributed by atoms with Crippen LogP contribution in [-0.4, -0.2) is 17.6 Å². The van der Waals surface area contributed by atoms with Gasteiger partial charge in [0.05, 0.1) is 16.1 Å². The molecule has 1 rings (SSSR count). The molecule has 0 saturated heterocycles. The number of alkyl halides is 2. The van der Waals surface area contributed by atoms with Crippen LogP contribution >= 0.6 is 35.6 Å². The second-order valence-corrected chi connectivity index (χ2v) is 3.83. The lowest BCUT2D eigenvalue weighted by Crippen LogP contribution is -2.36. The molecule has 0 amide bonds. The number of hydrogen-bond donors (Lipinski definition) is 2. The van der Waals surface area contributed by atoms with Crippen LogP contribution in [0.3, 0.4) is 0 Å². The van der Waals surface area contributed by atoms with Gasteiger partial charge < -0.3 is 10.8 Å². The van der Waals surface area contributed by atoms with Crippen molar-refractivity contribution >= 4 is 35.6 Å². The Morgan fingerprint density at radius 1 is 1.38 bits per heavy atom. The van der Waals surface area contributed by atoms with E-state index in [4.69, 9.17) is 34.0 Å². The fourth-order valence-electron chi connectivity index (χ4n) is 1.09. The summed E-state index contributed by atoms with van der Waals surface area (Å²) >= 11 is 11.4. The Bertz CT molecular complexity index is 363. The molecule has 1 aromatic carbocycles. The van der Waals surface area contributed by atoms with Gasteiger partial charge in [0.2, 0.25) is 0 Å². The van der Waals surface area contributed by atoms with Crippen molar-refractivity contribution in [1.29, 1.82) is 0 Å². The molecule has 1 aromatic rings. The summed E-state index contributed by atoms with van der Waals surface area (Å²) in [5, 5.41) is 8.62. The Balaban J connectivity index is 0.00000225. The summed E-state index contributed by atoms with van der Waals surface area (Å²) in [4.78, 5) is 0. The van der Waals surface area contributed by atoms with E-state index in [0.717, 1.165) is 0 Å². The number of aliphatic hydroxyl groups excluding tert-OH is 1. The van der Waals surface area contributed by atoms with Gasteiger partial charge in [-0.3, -0.25) is 0 Å². The highest BCUT2D eigenvalue weighted by atomic mass is 35.5. The van der Waals surface area contributed by atoms with E-state index in [2.05, 4.69) is 0 Å². The van der Waals surface area contributed by atoms with Crippen molar-refractivity contribution in [2.24, 2.45) is 5.73 Å². The molecular formula is C9H10Cl3F2NO. The molecule has 2 nitrogen and oxygen atoms in total. The lowest BCUT2D eigenvalue weighted by Gasteiger charge is -2.22. The topological polar surface area (TPSA) is 46.2 Å². The Labute approximate surface area is 108 Å². The van der Waals surface area contributed by atoms with Gasteiger partial charge in [0.15, 0.2) is 0 Å². The average molecular weight is 293 g/mol. The Morgan fingerprint density at radius 3 is 2.44 bits per heavy atom. The first kappa shape index (κ1) is 15.9. The molecule has 0 spiro atoms. The summed E-state index contributed by atoms with van der Waals surface area (Å²) in [6.07, 6.45) is 0. The number of nitrogens with two attached hydrogens (primary N) is 1. The quantitative estimate of drug-likeness (QED) is 0.899. The van der Waals surface area contributed by atoms with Gasteiger partial charge >= 0.3 is 0 Å². The van der Waals surface area contributed by atoms with Gasteiger partial charge in [-0.1, -0.05) is 35.3 Å². The molecule has 92 valence electrons. The van der Waals surface area contributed by atoms with Crippen molar-refractivity contribution in [2.75, 3.05) is 6.61 Å². The van der Waals surface area contributed by atoms with Crippen molar-refractivity contribution in [3.05, 3.63) is 33.8 Å². The van der Waals surface area contributed by atoms with Gasteiger partial charge in [-0.25, -0.2) is 8.78 Å². The number of rotatable bonds is 3. The predicted molar refractivity (Wildman–Crippen MR) is 62.7 cm³/mol. The maximum Gasteiger partial charge on any atom is 0.289 e. The first-order valence-corrected chi connectivity index (χ1v) is 4.84. The van der Waals surface area contributed by atoms with E-state index in [1.165, 1.54) is 18.2 Å². The molecule has 1 atom stereocenters. The van der Waals surface area contributed by atoms with E-state index in [1.54, 1.807) is 0 Å². The molecule has 3 N–H and O–H groups in total. The Morgan fingerprint density at radius 2 is 1.94 bits per heavy atom. The van der Waals surface area contributed by atoms with Gasteiger partial charge in [0, 0.05) is 0 Å². The SMILES string of the molecule is Cl.N[C@H](c1cccc(Cl)c1Cl)C(F)(F)CO. The Kier molecular flexibility index (Phi) is 5.93. The fourth-order valence-corrected chi connectivity index (χ4v) is 1.51. The summed E-state index contributed by atoms with van der Waals surface area (Å²) in [5.41, 5.74) is 5.32. The van der Waals surface area contributed by atoms with E-state index in [1.807, 2.05) is 0 Å². The van der Waals surface area contributed by atoms with Crippen molar-refractivity contribution in [3.63, 3.8) is 0 Å². The molecule has 0 aromatic heterocycles. The van der Waals surface area contributed by atoms with Crippen LogP contribution in [0.1, 0.15) is 11.6 Å². The smallest absolute Gasteiger partial charge is 0.289 e. The van der Waals surface area contributed by atoms with Crippen molar-refractivity contribution in [1.82, 2.24) is 0 Å². The van der Waals surface area contributed by atoms with Crippen LogP contribution in [0.5, 0.6) is 0 Å². The second-order valence-electron chi connectivity index (χ2n) is 3.04. The molecule has 16 heavy (non-hydrogen) atoms. The largest absolute Gasteiger partial charge is 0.390 e. The zero-order valence-electron chi connectivity index (χ0n) is 7.96. The second kappa shape index (κ2) is 5.98. The van der Waals surface area contributed by atoms with E-state index >= 15 is 0 Å². The molecule has 7 heteroatoms. The minimum Gasteiger partial charge on any atom is -0.390 e. The molecule has 0 heterocycles. The summed E-state index contributed by atoms with van der Waals surface area (Å²) in [5.74, 6) is -3.42. The lowest BCUT2D eigenvalue weighted by atomic mass is 10.0. The van der Waals surface area contributed by atoms with Crippen LogP contribution in [-0.2, 0) is 0 Å². The third kappa shape index (κ3) is 3.18. The first-order valence-electron chi connectivity index (χ1n) is 4.08. The maximum atomic E-state index is 13.1. The summed E-state index contributed by atoms with van der Waals surface area (Å²) < 4.78 is 26.1. The van der Waals surface area contributed by atoms with E-state index in [9.17, 15) is 8.78 Å². The maximum absolute atomic E-state index is 13.1. The fraction of sp³-hybridized carbons (Fsp3) is 0.333. The van der Waals surface area contributed by atoms with Crippen LogP contribution < -0.4 is 5.73 Å². The van der Waals surface area contributed by atoms with Crippen LogP contribution in [0.2, 0.25) is 10.0 Å². The average Bonchev–Trinajstić information content (AvgIpc) is 2.21. The minimum atomic E-state index is -3.42. The third-order valence-corrected chi connectivity index (χ3v) is 2.82. The third-order valence-electron chi connectivity index (χ3n) is 1.98. The molecule has 0 unspecified atom stereocenters. The highest BCUT2D eigenvalue weighted by molar-refractivity contribution is 6.42. The van der Waals surface area contributed by atoms with E-state index in [0.29, 0.717) is 0 Å². The van der Waals surface area contributed by atoms with Crippen molar-refractivity contribution in [2.45, 2.75) is 12.0 Å². The molecule has 0 bridgehead atoms. The highest BCUT2D eigenvalue weighted by Gasteiger charge is 2.38. The van der Waals surface area contributed by atoms with Crippen LogP contribution in [0.15, 0.2) is 18.2 Å². The summed E-state index contributed by atoms with van der Waals surface area (Å²) in [6.45, 7) is -1.34. The zero-order valence-corrected chi connectivity index (χ0v) is 10.3. The van der Waals surface area contributed by atoms with Crippen molar-refractivity contribution < 1.29 is 13.9 Å². The van der Waals surface area contributed by atoms with Gasteiger partial charge in [0.25, 0.3) is 5.92 Å². The molecule has 0 aliphatic heterocycles. The monoisotopic (exact) mass is 291 g/mol. The molecule has 0 aliphatic rings. The van der Waals surface area contributed by atoms with Crippen LogP contribution in [0.4, 0.5) is 8.78 Å². The van der Waals surface area contributed by atoms with Gasteiger partial charge in [-0.15, -0.1) is 12.4 Å². The van der Waals surface area contributed by atoms with Crippen LogP contribution in [0, 0.1) is 0 Å². The van der Waals surface area contributed by atoms with Crippen LogP contribution in [0.25, 0.3) is 0 Å². The Hall–Kier alpha value is -0.130. The number of halogens is 5. The van der Waals surface area contributed by atoms with E-state index < -0.39 is 18.6 Å². The summed E-state index contributed by atoms with van der Waals surface area (Å²) in [6, 6.07) is 2.62. The van der Waals surface area contributed by atoms with Gasteiger partial charge in [0.1, 0.15) is 6.61 Å². The number of aliphatic hydroxyl groups is 1.